The Morgan fingerprint density at radius 3 is 2.92 bits per heavy atom. The molecule has 1 aromatic rings. The Morgan fingerprint density at radius 2 is 2.31 bits per heavy atom. The van der Waals surface area contributed by atoms with Crippen LogP contribution in [0.15, 0.2) is 30.5 Å². The molecule has 0 aromatic carbocycles. The molecule has 13 heavy (non-hydrogen) atoms. The third-order valence-corrected chi connectivity index (χ3v) is 2.54. The summed E-state index contributed by atoms with van der Waals surface area (Å²) in [7, 11) is 0. The highest BCUT2D eigenvalue weighted by Gasteiger charge is 2.09. The normalized spacial score (nSPS) is 18.4. The number of thiol groups is 1. The minimum absolute atomic E-state index is 0.912. The maximum absolute atomic E-state index is 4.32. The van der Waals surface area contributed by atoms with Crippen molar-refractivity contribution in [2.75, 3.05) is 13.1 Å². The first-order valence-corrected chi connectivity index (χ1v) is 4.80. The molecule has 0 atom stereocenters. The van der Waals surface area contributed by atoms with E-state index in [1.807, 2.05) is 22.6 Å². The van der Waals surface area contributed by atoms with Gasteiger partial charge in [-0.2, -0.15) is 0 Å². The minimum atomic E-state index is 0.912. The summed E-state index contributed by atoms with van der Waals surface area (Å²) in [5.41, 5.74) is 2.44. The standard InChI is InChI=1S/C10H12N2S/c13-12-7-4-9(5-8-12)10-3-1-2-6-11-10/h1-4,6,13H,5,7-8H2. The van der Waals surface area contributed by atoms with Crippen LogP contribution >= 0.6 is 12.8 Å². The second kappa shape index (κ2) is 3.94. The van der Waals surface area contributed by atoms with E-state index in [0.29, 0.717) is 0 Å². The third-order valence-electron chi connectivity index (χ3n) is 2.18. The van der Waals surface area contributed by atoms with E-state index in [9.17, 15) is 0 Å². The molecular formula is C10H12N2S. The van der Waals surface area contributed by atoms with Crippen molar-refractivity contribution in [2.24, 2.45) is 0 Å². The van der Waals surface area contributed by atoms with Crippen molar-refractivity contribution in [1.82, 2.24) is 9.29 Å². The lowest BCUT2D eigenvalue weighted by Crippen LogP contribution is -2.18. The van der Waals surface area contributed by atoms with Gasteiger partial charge in [-0.25, -0.2) is 4.31 Å². The molecule has 0 N–H and O–H groups in total. The molecular weight excluding hydrogens is 180 g/mol. The Morgan fingerprint density at radius 1 is 1.38 bits per heavy atom. The molecule has 0 amide bonds. The Bertz CT molecular complexity index is 308. The Labute approximate surface area is 83.8 Å². The molecule has 1 aliphatic heterocycles. The van der Waals surface area contributed by atoms with Crippen LogP contribution in [0.1, 0.15) is 12.1 Å². The van der Waals surface area contributed by atoms with E-state index < -0.39 is 0 Å². The summed E-state index contributed by atoms with van der Waals surface area (Å²) >= 11 is 4.28. The van der Waals surface area contributed by atoms with Crippen LogP contribution in [0.2, 0.25) is 0 Å². The molecule has 0 radical (unpaired) electrons. The summed E-state index contributed by atoms with van der Waals surface area (Å²) in [5, 5.41) is 0. The number of aromatic nitrogens is 1. The van der Waals surface area contributed by atoms with Gasteiger partial charge in [0, 0.05) is 19.3 Å². The van der Waals surface area contributed by atoms with Gasteiger partial charge in [0.2, 0.25) is 0 Å². The fourth-order valence-electron chi connectivity index (χ4n) is 1.44. The van der Waals surface area contributed by atoms with Gasteiger partial charge in [-0.3, -0.25) is 4.98 Å². The number of hydrogen-bond donors (Lipinski definition) is 1. The van der Waals surface area contributed by atoms with Crippen LogP contribution in [0.4, 0.5) is 0 Å². The van der Waals surface area contributed by atoms with Crippen molar-refractivity contribution in [3.8, 4) is 0 Å². The molecule has 3 heteroatoms. The van der Waals surface area contributed by atoms with Gasteiger partial charge in [0.25, 0.3) is 0 Å². The van der Waals surface area contributed by atoms with Crippen LogP contribution in [0, 0.1) is 0 Å². The van der Waals surface area contributed by atoms with Crippen molar-refractivity contribution in [1.29, 1.82) is 0 Å². The van der Waals surface area contributed by atoms with Gasteiger partial charge in [0.1, 0.15) is 0 Å². The van der Waals surface area contributed by atoms with Crippen LogP contribution in [-0.4, -0.2) is 22.4 Å². The molecule has 0 saturated heterocycles. The van der Waals surface area contributed by atoms with Gasteiger partial charge >= 0.3 is 0 Å². The number of nitrogens with zero attached hydrogens (tertiary/aromatic N) is 2. The van der Waals surface area contributed by atoms with E-state index in [1.54, 1.807) is 0 Å². The molecule has 2 heterocycles. The van der Waals surface area contributed by atoms with E-state index in [4.69, 9.17) is 0 Å². The molecule has 1 aliphatic rings. The highest BCUT2D eigenvalue weighted by atomic mass is 32.1. The quantitative estimate of drug-likeness (QED) is 0.685. The summed E-state index contributed by atoms with van der Waals surface area (Å²) in [6, 6.07) is 6.02. The van der Waals surface area contributed by atoms with Gasteiger partial charge in [-0.15, -0.1) is 0 Å². The monoisotopic (exact) mass is 192 g/mol. The zero-order valence-corrected chi connectivity index (χ0v) is 8.24. The van der Waals surface area contributed by atoms with E-state index >= 15 is 0 Å². The summed E-state index contributed by atoms with van der Waals surface area (Å²) in [6.45, 7) is 1.92. The van der Waals surface area contributed by atoms with Crippen LogP contribution < -0.4 is 0 Å². The lowest BCUT2D eigenvalue weighted by molar-refractivity contribution is 0.522. The fourth-order valence-corrected chi connectivity index (χ4v) is 1.63. The molecule has 0 bridgehead atoms. The first-order valence-electron chi connectivity index (χ1n) is 4.40. The van der Waals surface area contributed by atoms with E-state index in [2.05, 4.69) is 29.9 Å². The van der Waals surface area contributed by atoms with E-state index in [0.717, 1.165) is 25.2 Å². The maximum atomic E-state index is 4.32. The number of pyridine rings is 1. The smallest absolute Gasteiger partial charge is 0.0659 e. The molecule has 0 spiro atoms. The average Bonchev–Trinajstić information content (AvgIpc) is 2.20. The van der Waals surface area contributed by atoms with Crippen molar-refractivity contribution in [2.45, 2.75) is 6.42 Å². The highest BCUT2D eigenvalue weighted by Crippen LogP contribution is 2.20. The van der Waals surface area contributed by atoms with E-state index in [1.165, 1.54) is 5.57 Å². The zero-order chi connectivity index (χ0) is 9.10. The lowest BCUT2D eigenvalue weighted by Gasteiger charge is -2.20. The largest absolute Gasteiger partial charge is 0.257 e. The van der Waals surface area contributed by atoms with Crippen molar-refractivity contribution >= 4 is 18.4 Å². The molecule has 0 aliphatic carbocycles. The molecule has 0 fully saturated rings. The van der Waals surface area contributed by atoms with Gasteiger partial charge < -0.3 is 0 Å². The zero-order valence-electron chi connectivity index (χ0n) is 7.35. The molecule has 2 rings (SSSR count). The van der Waals surface area contributed by atoms with Crippen molar-refractivity contribution < 1.29 is 0 Å². The van der Waals surface area contributed by atoms with Crippen molar-refractivity contribution in [3.05, 3.63) is 36.2 Å². The lowest BCUT2D eigenvalue weighted by atomic mass is 10.1. The fraction of sp³-hybridized carbons (Fsp3) is 0.300. The molecule has 0 saturated carbocycles. The van der Waals surface area contributed by atoms with Gasteiger partial charge in [0.05, 0.1) is 5.69 Å². The third kappa shape index (κ3) is 2.11. The van der Waals surface area contributed by atoms with Crippen LogP contribution in [0.5, 0.6) is 0 Å². The van der Waals surface area contributed by atoms with Gasteiger partial charge in [0.15, 0.2) is 0 Å². The first kappa shape index (κ1) is 8.78. The van der Waals surface area contributed by atoms with Crippen LogP contribution in [-0.2, 0) is 0 Å². The number of hydrogen-bond acceptors (Lipinski definition) is 3. The second-order valence-electron chi connectivity index (χ2n) is 3.11. The van der Waals surface area contributed by atoms with Crippen LogP contribution in [0.3, 0.4) is 0 Å². The van der Waals surface area contributed by atoms with Gasteiger partial charge in [-0.05, 0) is 24.1 Å². The van der Waals surface area contributed by atoms with Crippen LogP contribution in [0.25, 0.3) is 5.57 Å². The van der Waals surface area contributed by atoms with Crippen molar-refractivity contribution in [3.63, 3.8) is 0 Å². The second-order valence-corrected chi connectivity index (χ2v) is 3.67. The maximum Gasteiger partial charge on any atom is 0.0659 e. The SMILES string of the molecule is SN1CC=C(c2ccccn2)CC1. The minimum Gasteiger partial charge on any atom is -0.257 e. The summed E-state index contributed by atoms with van der Waals surface area (Å²) < 4.78 is 2.01. The Hall–Kier alpha value is -0.800. The molecule has 2 nitrogen and oxygen atoms in total. The highest BCUT2D eigenvalue weighted by molar-refractivity contribution is 7.77. The van der Waals surface area contributed by atoms with Gasteiger partial charge in [-0.1, -0.05) is 25.0 Å². The number of rotatable bonds is 1. The predicted octanol–water partition coefficient (Wildman–Crippen LogP) is 2.02. The molecule has 68 valence electrons. The molecule has 1 aromatic heterocycles. The Kier molecular flexibility index (Phi) is 2.66. The molecule has 0 unspecified atom stereocenters. The predicted molar refractivity (Wildman–Crippen MR) is 57.4 cm³/mol. The Balaban J connectivity index is 2.19. The summed E-state index contributed by atoms with van der Waals surface area (Å²) in [5.74, 6) is 0. The first-order chi connectivity index (χ1) is 6.36. The topological polar surface area (TPSA) is 16.1 Å². The summed E-state index contributed by atoms with van der Waals surface area (Å²) in [4.78, 5) is 4.32. The average molecular weight is 192 g/mol. The summed E-state index contributed by atoms with van der Waals surface area (Å²) in [6.07, 6.45) is 5.07. The van der Waals surface area contributed by atoms with E-state index in [-0.39, 0.29) is 0 Å².